The summed E-state index contributed by atoms with van der Waals surface area (Å²) in [6.45, 7) is 0.612. The molecule has 1 aromatic rings. The fourth-order valence-corrected chi connectivity index (χ4v) is 1.90. The topological polar surface area (TPSA) is 75.6 Å². The van der Waals surface area contributed by atoms with Crippen molar-refractivity contribution in [2.24, 2.45) is 0 Å². The van der Waals surface area contributed by atoms with Gasteiger partial charge in [0.15, 0.2) is 9.84 Å². The molecular weight excluding hydrogens is 242 g/mol. The minimum atomic E-state index is -3.17. The lowest BCUT2D eigenvalue weighted by molar-refractivity contribution is 0.108. The molecule has 1 unspecified atom stereocenters. The zero-order chi connectivity index (χ0) is 12.9. The Kier molecular flexibility index (Phi) is 4.92. The summed E-state index contributed by atoms with van der Waals surface area (Å²) in [6.07, 6.45) is 0.564. The molecule has 0 saturated heterocycles. The molecule has 17 heavy (non-hydrogen) atoms. The van der Waals surface area contributed by atoms with Gasteiger partial charge in [-0.3, -0.25) is 0 Å². The number of aliphatic hydroxyl groups excluding tert-OH is 1. The van der Waals surface area contributed by atoms with Crippen LogP contribution in [-0.2, 0) is 9.84 Å². The molecule has 0 saturated carbocycles. The van der Waals surface area contributed by atoms with Gasteiger partial charge in [-0.15, -0.1) is 0 Å². The molecule has 1 aromatic carbocycles. The van der Waals surface area contributed by atoms with E-state index in [1.165, 1.54) is 12.1 Å². The van der Waals surface area contributed by atoms with E-state index in [9.17, 15) is 13.5 Å². The standard InChI is InChI=1S/C11H17NO4S/c1-12-7-9(13)8-16-10-3-5-11(6-4-10)17(2,14)15/h3-6,9,12-13H,7-8H2,1-2H3. The van der Waals surface area contributed by atoms with Gasteiger partial charge in [-0.2, -0.15) is 0 Å². The molecule has 5 nitrogen and oxygen atoms in total. The molecule has 0 aliphatic rings. The number of hydrogen-bond donors (Lipinski definition) is 2. The number of sulfone groups is 1. The van der Waals surface area contributed by atoms with Gasteiger partial charge in [0.2, 0.25) is 0 Å². The SMILES string of the molecule is CNCC(O)COc1ccc(S(C)(=O)=O)cc1. The Morgan fingerprint density at radius 2 is 1.94 bits per heavy atom. The maximum atomic E-state index is 11.2. The van der Waals surface area contributed by atoms with Crippen LogP contribution in [0, 0.1) is 0 Å². The van der Waals surface area contributed by atoms with Gasteiger partial charge < -0.3 is 15.2 Å². The van der Waals surface area contributed by atoms with Crippen LogP contribution in [0.1, 0.15) is 0 Å². The number of aliphatic hydroxyl groups is 1. The number of likely N-dealkylation sites (N-methyl/N-ethyl adjacent to an activating group) is 1. The molecule has 0 fully saturated rings. The largest absolute Gasteiger partial charge is 0.491 e. The summed E-state index contributed by atoms with van der Waals surface area (Å²) in [6, 6.07) is 6.11. The lowest BCUT2D eigenvalue weighted by atomic mass is 10.3. The molecule has 0 bridgehead atoms. The van der Waals surface area contributed by atoms with Crippen LogP contribution >= 0.6 is 0 Å². The van der Waals surface area contributed by atoms with E-state index in [-0.39, 0.29) is 11.5 Å². The first-order valence-corrected chi connectivity index (χ1v) is 7.08. The summed E-state index contributed by atoms with van der Waals surface area (Å²) in [5, 5.41) is 12.2. The third-order valence-corrected chi connectivity index (χ3v) is 3.26. The van der Waals surface area contributed by atoms with E-state index in [4.69, 9.17) is 4.74 Å². The van der Waals surface area contributed by atoms with E-state index in [1.807, 2.05) is 0 Å². The molecule has 0 aromatic heterocycles. The summed E-state index contributed by atoms with van der Waals surface area (Å²) in [5.41, 5.74) is 0. The highest BCUT2D eigenvalue weighted by atomic mass is 32.2. The Morgan fingerprint density at radius 1 is 1.35 bits per heavy atom. The van der Waals surface area contributed by atoms with Crippen molar-refractivity contribution < 1.29 is 18.3 Å². The predicted molar refractivity (Wildman–Crippen MR) is 65.0 cm³/mol. The van der Waals surface area contributed by atoms with Crippen molar-refractivity contribution >= 4 is 9.84 Å². The van der Waals surface area contributed by atoms with E-state index in [2.05, 4.69) is 5.32 Å². The smallest absolute Gasteiger partial charge is 0.175 e. The van der Waals surface area contributed by atoms with Crippen molar-refractivity contribution in [1.29, 1.82) is 0 Å². The maximum Gasteiger partial charge on any atom is 0.175 e. The van der Waals surface area contributed by atoms with Crippen LogP contribution in [0.25, 0.3) is 0 Å². The monoisotopic (exact) mass is 259 g/mol. The van der Waals surface area contributed by atoms with Crippen LogP contribution in [-0.4, -0.2) is 46.1 Å². The molecule has 0 heterocycles. The lowest BCUT2D eigenvalue weighted by Crippen LogP contribution is -2.29. The van der Waals surface area contributed by atoms with Gasteiger partial charge in [0.25, 0.3) is 0 Å². The maximum absolute atomic E-state index is 11.2. The molecule has 2 N–H and O–H groups in total. The molecule has 1 atom stereocenters. The number of nitrogens with one attached hydrogen (secondary N) is 1. The quantitative estimate of drug-likeness (QED) is 0.755. The second-order valence-electron chi connectivity index (χ2n) is 3.77. The van der Waals surface area contributed by atoms with Crippen molar-refractivity contribution in [3.63, 3.8) is 0 Å². The van der Waals surface area contributed by atoms with E-state index >= 15 is 0 Å². The number of benzene rings is 1. The highest BCUT2D eigenvalue weighted by Crippen LogP contribution is 2.15. The third-order valence-electron chi connectivity index (χ3n) is 2.13. The van der Waals surface area contributed by atoms with Crippen LogP contribution in [0.2, 0.25) is 0 Å². The Balaban J connectivity index is 2.57. The third kappa shape index (κ3) is 4.72. The van der Waals surface area contributed by atoms with Gasteiger partial charge in [-0.1, -0.05) is 0 Å². The van der Waals surface area contributed by atoms with Gasteiger partial charge in [-0.05, 0) is 31.3 Å². The lowest BCUT2D eigenvalue weighted by Gasteiger charge is -2.11. The van der Waals surface area contributed by atoms with Gasteiger partial charge in [0, 0.05) is 12.8 Å². The van der Waals surface area contributed by atoms with Crippen molar-refractivity contribution in [2.45, 2.75) is 11.0 Å². The Hall–Kier alpha value is -1.11. The van der Waals surface area contributed by atoms with E-state index in [1.54, 1.807) is 19.2 Å². The summed E-state index contributed by atoms with van der Waals surface area (Å²) in [5.74, 6) is 0.535. The van der Waals surface area contributed by atoms with Gasteiger partial charge in [0.1, 0.15) is 18.5 Å². The number of ether oxygens (including phenoxy) is 1. The fourth-order valence-electron chi connectivity index (χ4n) is 1.27. The Morgan fingerprint density at radius 3 is 2.41 bits per heavy atom. The predicted octanol–water partition coefficient (Wildman–Crippen LogP) is 0.0492. The minimum absolute atomic E-state index is 0.166. The average Bonchev–Trinajstić information content (AvgIpc) is 2.26. The second-order valence-corrected chi connectivity index (χ2v) is 5.78. The zero-order valence-corrected chi connectivity index (χ0v) is 10.7. The van der Waals surface area contributed by atoms with Gasteiger partial charge in [0.05, 0.1) is 4.90 Å². The molecule has 0 amide bonds. The molecule has 6 heteroatoms. The first-order valence-electron chi connectivity index (χ1n) is 5.19. The van der Waals surface area contributed by atoms with E-state index in [0.717, 1.165) is 6.26 Å². The molecule has 1 rings (SSSR count). The molecule has 0 spiro atoms. The highest BCUT2D eigenvalue weighted by Gasteiger charge is 2.07. The molecule has 0 aliphatic heterocycles. The zero-order valence-electron chi connectivity index (χ0n) is 9.88. The van der Waals surface area contributed by atoms with Crippen LogP contribution in [0.3, 0.4) is 0 Å². The highest BCUT2D eigenvalue weighted by molar-refractivity contribution is 7.90. The van der Waals surface area contributed by atoms with E-state index < -0.39 is 15.9 Å². The molecule has 96 valence electrons. The molecule has 0 aliphatic carbocycles. The van der Waals surface area contributed by atoms with Crippen LogP contribution in [0.4, 0.5) is 0 Å². The normalized spacial score (nSPS) is 13.4. The van der Waals surface area contributed by atoms with Crippen molar-refractivity contribution in [2.75, 3.05) is 26.5 Å². The van der Waals surface area contributed by atoms with Crippen LogP contribution in [0.5, 0.6) is 5.75 Å². The summed E-state index contributed by atoms with van der Waals surface area (Å²) in [4.78, 5) is 0.251. The van der Waals surface area contributed by atoms with E-state index in [0.29, 0.717) is 12.3 Å². The Labute approximate surface area is 101 Å². The Bertz CT molecular complexity index is 441. The first-order chi connectivity index (χ1) is 7.93. The second kappa shape index (κ2) is 6.00. The van der Waals surface area contributed by atoms with Crippen molar-refractivity contribution in [3.8, 4) is 5.75 Å². The van der Waals surface area contributed by atoms with Crippen molar-refractivity contribution in [3.05, 3.63) is 24.3 Å². The molecule has 0 radical (unpaired) electrons. The fraction of sp³-hybridized carbons (Fsp3) is 0.455. The minimum Gasteiger partial charge on any atom is -0.491 e. The summed E-state index contributed by atoms with van der Waals surface area (Å²) in [7, 11) is -1.43. The number of rotatable bonds is 6. The first kappa shape index (κ1) is 14.0. The van der Waals surface area contributed by atoms with Crippen LogP contribution in [0.15, 0.2) is 29.2 Å². The number of hydrogen-bond acceptors (Lipinski definition) is 5. The molecular formula is C11H17NO4S. The average molecular weight is 259 g/mol. The summed E-state index contributed by atoms with van der Waals surface area (Å²) >= 11 is 0. The van der Waals surface area contributed by atoms with Crippen molar-refractivity contribution in [1.82, 2.24) is 5.32 Å². The van der Waals surface area contributed by atoms with Gasteiger partial charge in [-0.25, -0.2) is 8.42 Å². The van der Waals surface area contributed by atoms with Gasteiger partial charge >= 0.3 is 0 Å². The van der Waals surface area contributed by atoms with Crippen LogP contribution < -0.4 is 10.1 Å². The summed E-state index contributed by atoms with van der Waals surface area (Å²) < 4.78 is 27.7.